The fourth-order valence-corrected chi connectivity index (χ4v) is 5.91. The molecule has 0 aromatic heterocycles. The number of fused-ring (bicyclic) bond motifs is 1. The number of rotatable bonds is 1. The molecule has 3 fully saturated rings. The molecule has 2 heterocycles. The summed E-state index contributed by atoms with van der Waals surface area (Å²) < 4.78 is 23.0. The normalized spacial score (nSPS) is 34.2. The Bertz CT molecular complexity index is 437. The number of carbonyl (C=O) groups is 1. The molecular formula is C13H22N2O3S. The maximum absolute atomic E-state index is 12.2. The topological polar surface area (TPSA) is 66.5 Å². The van der Waals surface area contributed by atoms with Crippen LogP contribution in [0, 0.1) is 11.8 Å². The van der Waals surface area contributed by atoms with Gasteiger partial charge < -0.3 is 10.2 Å². The molecule has 2 atom stereocenters. The molecule has 0 aromatic carbocycles. The predicted molar refractivity (Wildman–Crippen MR) is 72.6 cm³/mol. The lowest BCUT2D eigenvalue weighted by atomic mass is 9.96. The molecule has 0 aromatic rings. The summed E-state index contributed by atoms with van der Waals surface area (Å²) in [5.41, 5.74) is 0. The minimum Gasteiger partial charge on any atom is -0.335 e. The Hall–Kier alpha value is -0.780. The lowest BCUT2D eigenvalue weighted by Crippen LogP contribution is -2.45. The van der Waals surface area contributed by atoms with E-state index in [1.807, 2.05) is 4.90 Å². The first kappa shape index (κ1) is 13.2. The molecule has 3 rings (SSSR count). The Labute approximate surface area is 114 Å². The van der Waals surface area contributed by atoms with Crippen molar-refractivity contribution in [3.05, 3.63) is 0 Å². The number of amides is 2. The van der Waals surface area contributed by atoms with Crippen molar-refractivity contribution < 1.29 is 13.2 Å². The zero-order valence-corrected chi connectivity index (χ0v) is 12.0. The van der Waals surface area contributed by atoms with Crippen molar-refractivity contribution in [2.24, 2.45) is 11.8 Å². The van der Waals surface area contributed by atoms with Crippen LogP contribution in [0.15, 0.2) is 0 Å². The van der Waals surface area contributed by atoms with Crippen molar-refractivity contribution in [3.8, 4) is 0 Å². The van der Waals surface area contributed by atoms with Crippen LogP contribution in [-0.4, -0.2) is 50.0 Å². The minimum absolute atomic E-state index is 0.0127. The molecule has 1 N–H and O–H groups in total. The van der Waals surface area contributed by atoms with Crippen LogP contribution in [0.4, 0.5) is 4.79 Å². The van der Waals surface area contributed by atoms with E-state index in [-0.39, 0.29) is 29.4 Å². The van der Waals surface area contributed by atoms with Gasteiger partial charge in [0.2, 0.25) is 0 Å². The van der Waals surface area contributed by atoms with Crippen LogP contribution in [0.1, 0.15) is 32.1 Å². The van der Waals surface area contributed by atoms with Gasteiger partial charge in [0.25, 0.3) is 0 Å². The van der Waals surface area contributed by atoms with E-state index in [0.717, 1.165) is 12.8 Å². The molecular weight excluding hydrogens is 264 g/mol. The van der Waals surface area contributed by atoms with Crippen molar-refractivity contribution in [1.82, 2.24) is 10.2 Å². The van der Waals surface area contributed by atoms with Crippen molar-refractivity contribution in [2.45, 2.75) is 38.1 Å². The first-order valence-electron chi connectivity index (χ1n) is 7.29. The van der Waals surface area contributed by atoms with Crippen LogP contribution in [0.25, 0.3) is 0 Å². The molecule has 1 saturated carbocycles. The van der Waals surface area contributed by atoms with Crippen LogP contribution >= 0.6 is 0 Å². The first-order valence-corrected chi connectivity index (χ1v) is 9.11. The van der Waals surface area contributed by atoms with E-state index in [1.165, 1.54) is 19.3 Å². The van der Waals surface area contributed by atoms with Gasteiger partial charge in [-0.05, 0) is 24.7 Å². The van der Waals surface area contributed by atoms with Crippen LogP contribution in [0.2, 0.25) is 0 Å². The first-order chi connectivity index (χ1) is 9.03. The van der Waals surface area contributed by atoms with E-state index in [1.54, 1.807) is 0 Å². The standard InChI is InChI=1S/C13H22N2O3S/c16-13(14-12-4-2-1-3-5-12)15-6-10-8-19(17,18)9-11(10)7-15/h10-12H,1-9H2,(H,14,16)/t10-,11+. The quantitative estimate of drug-likeness (QED) is 0.782. The Morgan fingerprint density at radius 3 is 2.16 bits per heavy atom. The largest absolute Gasteiger partial charge is 0.335 e. The minimum atomic E-state index is -2.84. The van der Waals surface area contributed by atoms with Crippen molar-refractivity contribution in [2.75, 3.05) is 24.6 Å². The summed E-state index contributed by atoms with van der Waals surface area (Å²) in [7, 11) is -2.84. The SMILES string of the molecule is O=C(NC1CCCCC1)N1C[C@@H]2CS(=O)(=O)C[C@@H]2C1. The summed E-state index contributed by atoms with van der Waals surface area (Å²) in [6.07, 6.45) is 5.85. The van der Waals surface area contributed by atoms with Gasteiger partial charge in [0.1, 0.15) is 0 Å². The average molecular weight is 286 g/mol. The summed E-state index contributed by atoms with van der Waals surface area (Å²) in [5, 5.41) is 3.11. The van der Waals surface area contributed by atoms with Crippen LogP contribution < -0.4 is 5.32 Å². The second-order valence-corrected chi connectivity index (χ2v) is 8.44. The number of hydrogen-bond acceptors (Lipinski definition) is 3. The molecule has 2 saturated heterocycles. The molecule has 2 aliphatic heterocycles. The van der Waals surface area contributed by atoms with Gasteiger partial charge >= 0.3 is 6.03 Å². The predicted octanol–water partition coefficient (Wildman–Crippen LogP) is 1.01. The zero-order chi connectivity index (χ0) is 13.5. The number of urea groups is 1. The Morgan fingerprint density at radius 1 is 1.00 bits per heavy atom. The van der Waals surface area contributed by atoms with E-state index in [9.17, 15) is 13.2 Å². The Balaban J connectivity index is 1.53. The molecule has 0 unspecified atom stereocenters. The smallest absolute Gasteiger partial charge is 0.317 e. The van der Waals surface area contributed by atoms with Gasteiger partial charge in [0.05, 0.1) is 11.5 Å². The van der Waals surface area contributed by atoms with Gasteiger partial charge in [0, 0.05) is 19.1 Å². The summed E-state index contributed by atoms with van der Waals surface area (Å²) >= 11 is 0. The highest BCUT2D eigenvalue weighted by Crippen LogP contribution is 2.32. The van der Waals surface area contributed by atoms with E-state index < -0.39 is 9.84 Å². The lowest BCUT2D eigenvalue weighted by Gasteiger charge is -2.26. The van der Waals surface area contributed by atoms with E-state index in [2.05, 4.69) is 5.32 Å². The molecule has 0 radical (unpaired) electrons. The summed E-state index contributed by atoms with van der Waals surface area (Å²) in [5.74, 6) is 0.875. The van der Waals surface area contributed by atoms with Crippen molar-refractivity contribution in [3.63, 3.8) is 0 Å². The van der Waals surface area contributed by atoms with Gasteiger partial charge in [-0.25, -0.2) is 13.2 Å². The second kappa shape index (κ2) is 4.96. The molecule has 2 amide bonds. The number of hydrogen-bond donors (Lipinski definition) is 1. The van der Waals surface area contributed by atoms with Crippen LogP contribution in [-0.2, 0) is 9.84 Å². The second-order valence-electron chi connectivity index (χ2n) is 6.29. The number of sulfone groups is 1. The molecule has 108 valence electrons. The fraction of sp³-hybridized carbons (Fsp3) is 0.923. The summed E-state index contributed by atoms with van der Waals surface area (Å²) in [6, 6.07) is 0.337. The van der Waals surface area contributed by atoms with E-state index >= 15 is 0 Å². The van der Waals surface area contributed by atoms with Gasteiger partial charge in [0.15, 0.2) is 9.84 Å². The molecule has 3 aliphatic rings. The third-order valence-electron chi connectivity index (χ3n) is 4.73. The van der Waals surface area contributed by atoms with Crippen LogP contribution in [0.5, 0.6) is 0 Å². The molecule has 1 aliphatic carbocycles. The number of carbonyl (C=O) groups excluding carboxylic acids is 1. The molecule has 0 spiro atoms. The summed E-state index contributed by atoms with van der Waals surface area (Å²) in [4.78, 5) is 14.0. The maximum atomic E-state index is 12.2. The summed E-state index contributed by atoms with van der Waals surface area (Å²) in [6.45, 7) is 1.23. The molecule has 6 heteroatoms. The van der Waals surface area contributed by atoms with Crippen LogP contribution in [0.3, 0.4) is 0 Å². The van der Waals surface area contributed by atoms with E-state index in [4.69, 9.17) is 0 Å². The highest BCUT2D eigenvalue weighted by molar-refractivity contribution is 7.91. The van der Waals surface area contributed by atoms with Crippen molar-refractivity contribution >= 4 is 15.9 Å². The lowest BCUT2D eigenvalue weighted by molar-refractivity contribution is 0.198. The van der Waals surface area contributed by atoms with E-state index in [0.29, 0.717) is 19.1 Å². The van der Waals surface area contributed by atoms with Gasteiger partial charge in [-0.15, -0.1) is 0 Å². The third-order valence-corrected chi connectivity index (χ3v) is 6.60. The average Bonchev–Trinajstić information content (AvgIpc) is 2.83. The molecule has 19 heavy (non-hydrogen) atoms. The number of likely N-dealkylation sites (tertiary alicyclic amines) is 1. The number of nitrogens with zero attached hydrogens (tertiary/aromatic N) is 1. The fourth-order valence-electron chi connectivity index (χ4n) is 3.72. The number of nitrogens with one attached hydrogen (secondary N) is 1. The third kappa shape index (κ3) is 2.88. The van der Waals surface area contributed by atoms with Crippen molar-refractivity contribution in [1.29, 1.82) is 0 Å². The maximum Gasteiger partial charge on any atom is 0.317 e. The highest BCUT2D eigenvalue weighted by atomic mass is 32.2. The Morgan fingerprint density at radius 2 is 1.58 bits per heavy atom. The van der Waals surface area contributed by atoms with Gasteiger partial charge in [-0.1, -0.05) is 19.3 Å². The zero-order valence-electron chi connectivity index (χ0n) is 11.2. The monoisotopic (exact) mass is 286 g/mol. The van der Waals surface area contributed by atoms with Gasteiger partial charge in [-0.2, -0.15) is 0 Å². The van der Waals surface area contributed by atoms with Gasteiger partial charge in [-0.3, -0.25) is 0 Å². The molecule has 5 nitrogen and oxygen atoms in total. The molecule has 0 bridgehead atoms. The Kier molecular flexibility index (Phi) is 3.45. The highest BCUT2D eigenvalue weighted by Gasteiger charge is 2.45.